The highest BCUT2D eigenvalue weighted by Gasteiger charge is 1.93. The highest BCUT2D eigenvalue weighted by atomic mass is 19.1. The van der Waals surface area contributed by atoms with E-state index >= 15 is 0 Å². The monoisotopic (exact) mass is 137 g/mol. The molecule has 1 unspecified atom stereocenters. The highest BCUT2D eigenvalue weighted by Crippen LogP contribution is 1.83. The molecular formula is C6H16FNO. The van der Waals surface area contributed by atoms with Crippen molar-refractivity contribution in [3.63, 3.8) is 0 Å². The van der Waals surface area contributed by atoms with Crippen LogP contribution in [0.4, 0.5) is 4.39 Å². The average molecular weight is 137 g/mol. The number of aliphatic hydroxyl groups excluding tert-OH is 1. The Labute approximate surface area is 56.1 Å². The van der Waals surface area contributed by atoms with Crippen LogP contribution < -0.4 is 5.32 Å². The molecule has 0 amide bonds. The maximum absolute atomic E-state index is 9.50. The molecule has 9 heavy (non-hydrogen) atoms. The van der Waals surface area contributed by atoms with Crippen molar-refractivity contribution in [1.29, 1.82) is 0 Å². The lowest BCUT2D eigenvalue weighted by molar-refractivity contribution is 0.170. The fraction of sp³-hybridized carbons (Fsp3) is 1.00. The molecule has 0 saturated heterocycles. The number of likely N-dealkylation sites (N-methyl/N-ethyl adjacent to an activating group) is 1. The van der Waals surface area contributed by atoms with E-state index in [4.69, 9.17) is 5.11 Å². The summed E-state index contributed by atoms with van der Waals surface area (Å²) in [6, 6.07) is 0. The van der Waals surface area contributed by atoms with Crippen LogP contribution in [0.25, 0.3) is 0 Å². The van der Waals surface area contributed by atoms with E-state index in [1.807, 2.05) is 14.0 Å². The van der Waals surface area contributed by atoms with Gasteiger partial charge in [0.1, 0.15) is 0 Å². The highest BCUT2D eigenvalue weighted by molar-refractivity contribution is 4.51. The summed E-state index contributed by atoms with van der Waals surface area (Å²) in [6.45, 7) is 2.67. The standard InChI is InChI=1S/C5H13NO.CH3F/c1-3-5(7)4-6-2;1-2/h5-7H,3-4H2,1-2H3;1H3. The van der Waals surface area contributed by atoms with Crippen LogP contribution in [0, 0.1) is 0 Å². The molecule has 0 aromatic rings. The zero-order valence-electron chi connectivity index (χ0n) is 6.32. The molecule has 0 radical (unpaired) electrons. The Morgan fingerprint density at radius 3 is 2.11 bits per heavy atom. The summed E-state index contributed by atoms with van der Waals surface area (Å²) >= 11 is 0. The smallest absolute Gasteiger partial charge is 0.0785 e. The molecule has 0 heterocycles. The van der Waals surface area contributed by atoms with Gasteiger partial charge in [-0.25, -0.2) is 0 Å². The SMILES string of the molecule is CCC(O)CNC.CF. The topological polar surface area (TPSA) is 32.3 Å². The van der Waals surface area contributed by atoms with E-state index in [-0.39, 0.29) is 6.10 Å². The van der Waals surface area contributed by atoms with Gasteiger partial charge in [0.25, 0.3) is 0 Å². The van der Waals surface area contributed by atoms with Gasteiger partial charge in [0.15, 0.2) is 0 Å². The first-order valence-corrected chi connectivity index (χ1v) is 3.01. The number of halogens is 1. The minimum Gasteiger partial charge on any atom is -0.392 e. The molecule has 0 bridgehead atoms. The maximum Gasteiger partial charge on any atom is 0.0785 e. The van der Waals surface area contributed by atoms with E-state index in [2.05, 4.69) is 5.32 Å². The Morgan fingerprint density at radius 2 is 2.00 bits per heavy atom. The molecule has 0 aliphatic heterocycles. The number of aliphatic hydroxyl groups is 1. The van der Waals surface area contributed by atoms with Crippen molar-refractivity contribution >= 4 is 0 Å². The van der Waals surface area contributed by atoms with Crippen LogP contribution in [0.2, 0.25) is 0 Å². The molecular weight excluding hydrogens is 121 g/mol. The fourth-order valence-electron chi connectivity index (χ4n) is 0.380. The van der Waals surface area contributed by atoms with Crippen molar-refractivity contribution in [2.24, 2.45) is 0 Å². The second-order valence-electron chi connectivity index (χ2n) is 1.62. The quantitative estimate of drug-likeness (QED) is 0.595. The third kappa shape index (κ3) is 11.4. The van der Waals surface area contributed by atoms with Gasteiger partial charge in [0.2, 0.25) is 0 Å². The first kappa shape index (κ1) is 11.6. The van der Waals surface area contributed by atoms with Gasteiger partial charge in [0, 0.05) is 6.54 Å². The van der Waals surface area contributed by atoms with Crippen molar-refractivity contribution in [1.82, 2.24) is 5.32 Å². The van der Waals surface area contributed by atoms with Crippen LogP contribution in [0.3, 0.4) is 0 Å². The summed E-state index contributed by atoms with van der Waals surface area (Å²) in [4.78, 5) is 0. The van der Waals surface area contributed by atoms with E-state index in [0.29, 0.717) is 13.7 Å². The molecule has 58 valence electrons. The molecule has 3 heteroatoms. The van der Waals surface area contributed by atoms with Crippen LogP contribution in [0.15, 0.2) is 0 Å². The summed E-state index contributed by atoms with van der Waals surface area (Å²) in [7, 11) is 2.33. The second-order valence-corrected chi connectivity index (χ2v) is 1.62. The number of nitrogens with one attached hydrogen (secondary N) is 1. The maximum atomic E-state index is 9.50. The summed E-state index contributed by atoms with van der Waals surface area (Å²) in [5, 5.41) is 11.7. The van der Waals surface area contributed by atoms with Gasteiger partial charge in [-0.1, -0.05) is 6.92 Å². The first-order chi connectivity index (χ1) is 4.31. The summed E-state index contributed by atoms with van der Waals surface area (Å²) in [5.74, 6) is 0. The van der Waals surface area contributed by atoms with E-state index < -0.39 is 0 Å². The molecule has 0 aromatic carbocycles. The van der Waals surface area contributed by atoms with Crippen molar-refractivity contribution < 1.29 is 9.50 Å². The van der Waals surface area contributed by atoms with Crippen molar-refractivity contribution in [2.45, 2.75) is 19.4 Å². The predicted octanol–water partition coefficient (Wildman–Crippen LogP) is 0.562. The minimum atomic E-state index is -0.162. The number of rotatable bonds is 3. The van der Waals surface area contributed by atoms with Gasteiger partial charge in [-0.3, -0.25) is 4.39 Å². The first-order valence-electron chi connectivity index (χ1n) is 3.01. The number of hydrogen-bond donors (Lipinski definition) is 2. The normalized spacial score (nSPS) is 11.7. The van der Waals surface area contributed by atoms with Crippen LogP contribution in [0.1, 0.15) is 13.3 Å². The molecule has 0 rings (SSSR count). The van der Waals surface area contributed by atoms with Gasteiger partial charge in [-0.2, -0.15) is 0 Å². The Kier molecular flexibility index (Phi) is 13.9. The Morgan fingerprint density at radius 1 is 1.56 bits per heavy atom. The van der Waals surface area contributed by atoms with E-state index in [1.54, 1.807) is 0 Å². The Bertz CT molecular complexity index is 44.0. The summed E-state index contributed by atoms with van der Waals surface area (Å²) in [6.07, 6.45) is 0.672. The Hall–Kier alpha value is -0.150. The molecule has 0 fully saturated rings. The molecule has 0 aliphatic carbocycles. The third-order valence-electron chi connectivity index (χ3n) is 0.911. The third-order valence-corrected chi connectivity index (χ3v) is 0.911. The van der Waals surface area contributed by atoms with Crippen LogP contribution in [-0.4, -0.2) is 32.0 Å². The molecule has 0 aliphatic rings. The largest absolute Gasteiger partial charge is 0.392 e. The van der Waals surface area contributed by atoms with Gasteiger partial charge in [0.05, 0.1) is 13.3 Å². The molecule has 2 nitrogen and oxygen atoms in total. The minimum absolute atomic E-state index is 0.162. The van der Waals surface area contributed by atoms with Crippen molar-refractivity contribution in [3.8, 4) is 0 Å². The number of alkyl halides is 1. The second kappa shape index (κ2) is 10.8. The van der Waals surface area contributed by atoms with Crippen LogP contribution >= 0.6 is 0 Å². The van der Waals surface area contributed by atoms with Gasteiger partial charge in [-0.05, 0) is 13.5 Å². The number of hydrogen-bond acceptors (Lipinski definition) is 2. The van der Waals surface area contributed by atoms with E-state index in [9.17, 15) is 4.39 Å². The Balaban J connectivity index is 0. The van der Waals surface area contributed by atoms with E-state index in [0.717, 1.165) is 6.42 Å². The molecule has 0 saturated carbocycles. The zero-order chi connectivity index (χ0) is 7.70. The lowest BCUT2D eigenvalue weighted by Gasteiger charge is -2.03. The fourth-order valence-corrected chi connectivity index (χ4v) is 0.380. The zero-order valence-corrected chi connectivity index (χ0v) is 6.32. The molecule has 1 atom stereocenters. The molecule has 0 aromatic heterocycles. The van der Waals surface area contributed by atoms with Crippen molar-refractivity contribution in [3.05, 3.63) is 0 Å². The summed E-state index contributed by atoms with van der Waals surface area (Å²) in [5.41, 5.74) is 0. The van der Waals surface area contributed by atoms with Crippen LogP contribution in [0.5, 0.6) is 0 Å². The lowest BCUT2D eigenvalue weighted by Crippen LogP contribution is -2.22. The van der Waals surface area contributed by atoms with Crippen LogP contribution in [-0.2, 0) is 0 Å². The predicted molar refractivity (Wildman–Crippen MR) is 37.3 cm³/mol. The van der Waals surface area contributed by atoms with Gasteiger partial charge < -0.3 is 10.4 Å². The van der Waals surface area contributed by atoms with Gasteiger partial charge in [-0.15, -0.1) is 0 Å². The molecule has 2 N–H and O–H groups in total. The van der Waals surface area contributed by atoms with Crippen molar-refractivity contribution in [2.75, 3.05) is 20.8 Å². The molecule has 0 spiro atoms. The average Bonchev–Trinajstić information content (AvgIpc) is 1.93. The van der Waals surface area contributed by atoms with E-state index in [1.165, 1.54) is 0 Å². The lowest BCUT2D eigenvalue weighted by atomic mass is 10.3. The summed E-state index contributed by atoms with van der Waals surface area (Å²) < 4.78 is 9.50. The van der Waals surface area contributed by atoms with Gasteiger partial charge >= 0.3 is 0 Å².